The van der Waals surface area contributed by atoms with Crippen molar-refractivity contribution in [2.45, 2.75) is 37.6 Å². The largest absolute Gasteiger partial charge is 0.339 e. The summed E-state index contributed by atoms with van der Waals surface area (Å²) in [4.78, 5) is 20.7. The van der Waals surface area contributed by atoms with Gasteiger partial charge in [0.25, 0.3) is 5.91 Å². The van der Waals surface area contributed by atoms with E-state index in [1.54, 1.807) is 10.7 Å². The lowest BCUT2D eigenvalue weighted by Crippen LogP contribution is -2.38. The lowest BCUT2D eigenvalue weighted by Gasteiger charge is -2.34. The minimum absolute atomic E-state index is 0.0423. The van der Waals surface area contributed by atoms with E-state index in [9.17, 15) is 9.18 Å². The van der Waals surface area contributed by atoms with Crippen LogP contribution in [0.4, 0.5) is 4.39 Å². The number of nitrogens with zero attached hydrogens (tertiary/aromatic N) is 5. The summed E-state index contributed by atoms with van der Waals surface area (Å²) in [6.45, 7) is 3.48. The molecule has 8 heteroatoms. The van der Waals surface area contributed by atoms with Crippen LogP contribution in [0.15, 0.2) is 66.7 Å². The molecule has 204 valence electrons. The molecule has 0 aliphatic carbocycles. The van der Waals surface area contributed by atoms with Gasteiger partial charge in [-0.25, -0.2) is 9.37 Å². The minimum Gasteiger partial charge on any atom is -0.339 e. The Balaban J connectivity index is 1.11. The summed E-state index contributed by atoms with van der Waals surface area (Å²) in [6.07, 6.45) is 4.03. The standard InChI is InChI=1S/C32H33FN6O/c1-37-29-20-23(9-10-26(29)30(36-37)22-5-4-6-24(33)19-22)32(40)38-17-13-21(14-18-38)31-35-27-7-2-3-8-28(27)39(31)25-11-15-34-16-12-25/h2-10,19-21,25,34H,11-18H2,1H3. The topological polar surface area (TPSA) is 68.0 Å². The molecule has 1 N–H and O–H groups in total. The maximum atomic E-state index is 13.8. The van der Waals surface area contributed by atoms with Crippen molar-refractivity contribution in [1.29, 1.82) is 0 Å². The Morgan fingerprint density at radius 2 is 1.73 bits per heavy atom. The number of carbonyl (C=O) groups excluding carboxylic acids is 1. The number of para-hydroxylation sites is 2. The predicted molar refractivity (Wildman–Crippen MR) is 155 cm³/mol. The van der Waals surface area contributed by atoms with E-state index in [-0.39, 0.29) is 11.7 Å². The molecule has 0 spiro atoms. The molecule has 1 amide bonds. The minimum atomic E-state index is -0.294. The molecule has 0 bridgehead atoms. The van der Waals surface area contributed by atoms with E-state index in [0.29, 0.717) is 36.3 Å². The monoisotopic (exact) mass is 536 g/mol. The Hall–Kier alpha value is -4.04. The van der Waals surface area contributed by atoms with Gasteiger partial charge in [-0.05, 0) is 81.2 Å². The van der Waals surface area contributed by atoms with Crippen molar-refractivity contribution in [2.75, 3.05) is 26.2 Å². The third-order valence-electron chi connectivity index (χ3n) is 8.64. The van der Waals surface area contributed by atoms with Crippen LogP contribution < -0.4 is 5.32 Å². The first-order valence-electron chi connectivity index (χ1n) is 14.3. The fourth-order valence-corrected chi connectivity index (χ4v) is 6.56. The van der Waals surface area contributed by atoms with Crippen molar-refractivity contribution >= 4 is 27.8 Å². The van der Waals surface area contributed by atoms with Crippen LogP contribution >= 0.6 is 0 Å². The van der Waals surface area contributed by atoms with E-state index in [2.05, 4.69) is 39.2 Å². The van der Waals surface area contributed by atoms with E-state index in [1.807, 2.05) is 36.2 Å². The summed E-state index contributed by atoms with van der Waals surface area (Å²) in [5.74, 6) is 1.26. The Kier molecular flexibility index (Phi) is 6.35. The molecule has 0 radical (unpaired) electrons. The normalized spacial score (nSPS) is 17.2. The highest BCUT2D eigenvalue weighted by atomic mass is 19.1. The Morgan fingerprint density at radius 3 is 2.52 bits per heavy atom. The van der Waals surface area contributed by atoms with Crippen molar-refractivity contribution in [3.05, 3.63) is 83.9 Å². The number of aryl methyl sites for hydroxylation is 1. The van der Waals surface area contributed by atoms with Crippen molar-refractivity contribution < 1.29 is 9.18 Å². The van der Waals surface area contributed by atoms with E-state index in [1.165, 1.54) is 23.5 Å². The number of hydrogen-bond acceptors (Lipinski definition) is 4. The Morgan fingerprint density at radius 1 is 0.925 bits per heavy atom. The number of benzene rings is 3. The van der Waals surface area contributed by atoms with Gasteiger partial charge in [-0.15, -0.1) is 0 Å². The molecule has 3 aromatic carbocycles. The molecule has 40 heavy (non-hydrogen) atoms. The summed E-state index contributed by atoms with van der Waals surface area (Å²) in [6, 6.07) is 21.1. The van der Waals surface area contributed by atoms with Crippen LogP contribution in [0.2, 0.25) is 0 Å². The first kappa shape index (κ1) is 25.0. The maximum Gasteiger partial charge on any atom is 0.253 e. The highest BCUT2D eigenvalue weighted by Gasteiger charge is 2.30. The number of piperidine rings is 2. The number of imidazole rings is 1. The molecule has 2 aliphatic heterocycles. The molecule has 2 aliphatic rings. The molecule has 4 heterocycles. The highest BCUT2D eigenvalue weighted by molar-refractivity contribution is 6.01. The van der Waals surface area contributed by atoms with Crippen LogP contribution in [0.25, 0.3) is 33.2 Å². The summed E-state index contributed by atoms with van der Waals surface area (Å²) in [5, 5.41) is 9.02. The van der Waals surface area contributed by atoms with Gasteiger partial charge in [0.2, 0.25) is 0 Å². The Labute approximate surface area is 232 Å². The number of nitrogens with one attached hydrogen (secondary N) is 1. The third kappa shape index (κ3) is 4.36. The first-order valence-corrected chi connectivity index (χ1v) is 14.3. The molecule has 2 fully saturated rings. The second kappa shape index (κ2) is 10.2. The van der Waals surface area contributed by atoms with Gasteiger partial charge >= 0.3 is 0 Å². The van der Waals surface area contributed by atoms with Gasteiger partial charge in [0.05, 0.1) is 16.6 Å². The molecule has 2 aromatic heterocycles. The van der Waals surface area contributed by atoms with Gasteiger partial charge in [-0.3, -0.25) is 9.48 Å². The lowest BCUT2D eigenvalue weighted by atomic mass is 9.94. The fourth-order valence-electron chi connectivity index (χ4n) is 6.56. The zero-order valence-electron chi connectivity index (χ0n) is 22.7. The molecule has 7 rings (SSSR count). The maximum absolute atomic E-state index is 13.8. The number of amides is 1. The zero-order chi connectivity index (χ0) is 27.2. The van der Waals surface area contributed by atoms with Crippen LogP contribution in [0.1, 0.15) is 53.8 Å². The van der Waals surface area contributed by atoms with Gasteiger partial charge in [0, 0.05) is 48.6 Å². The van der Waals surface area contributed by atoms with Crippen LogP contribution in [0.3, 0.4) is 0 Å². The SMILES string of the molecule is Cn1nc(-c2cccc(F)c2)c2ccc(C(=O)N3CCC(c4nc5ccccc5n4C4CCNCC4)CC3)cc21. The van der Waals surface area contributed by atoms with Crippen molar-refractivity contribution in [1.82, 2.24) is 29.5 Å². The second-order valence-electron chi connectivity index (χ2n) is 11.1. The summed E-state index contributed by atoms with van der Waals surface area (Å²) < 4.78 is 18.1. The molecule has 2 saturated heterocycles. The number of likely N-dealkylation sites (tertiary alicyclic amines) is 1. The second-order valence-corrected chi connectivity index (χ2v) is 11.1. The first-order chi connectivity index (χ1) is 19.6. The van der Waals surface area contributed by atoms with E-state index in [4.69, 9.17) is 4.98 Å². The van der Waals surface area contributed by atoms with E-state index >= 15 is 0 Å². The Bertz CT molecular complexity index is 1710. The van der Waals surface area contributed by atoms with Gasteiger partial charge in [-0.1, -0.05) is 24.3 Å². The lowest BCUT2D eigenvalue weighted by molar-refractivity contribution is 0.0710. The third-order valence-corrected chi connectivity index (χ3v) is 8.64. The molecule has 0 atom stereocenters. The molecule has 0 saturated carbocycles. The summed E-state index contributed by atoms with van der Waals surface area (Å²) in [7, 11) is 1.86. The van der Waals surface area contributed by atoms with Crippen molar-refractivity contribution in [2.24, 2.45) is 7.05 Å². The zero-order valence-corrected chi connectivity index (χ0v) is 22.7. The van der Waals surface area contributed by atoms with Crippen LogP contribution in [0, 0.1) is 5.82 Å². The average molecular weight is 537 g/mol. The van der Waals surface area contributed by atoms with Crippen LogP contribution in [0.5, 0.6) is 0 Å². The van der Waals surface area contributed by atoms with Crippen molar-refractivity contribution in [3.63, 3.8) is 0 Å². The predicted octanol–water partition coefficient (Wildman–Crippen LogP) is 5.67. The van der Waals surface area contributed by atoms with Crippen LogP contribution in [-0.4, -0.2) is 56.3 Å². The smallest absolute Gasteiger partial charge is 0.253 e. The molecule has 0 unspecified atom stereocenters. The quantitative estimate of drug-likeness (QED) is 0.321. The number of halogens is 1. The number of aromatic nitrogens is 4. The summed E-state index contributed by atoms with van der Waals surface area (Å²) in [5.41, 5.74) is 5.25. The molecule has 5 aromatic rings. The average Bonchev–Trinajstić information content (AvgIpc) is 3.55. The van der Waals surface area contributed by atoms with Crippen molar-refractivity contribution in [3.8, 4) is 11.3 Å². The number of carbonyl (C=O) groups is 1. The van der Waals surface area contributed by atoms with Gasteiger partial charge in [-0.2, -0.15) is 5.10 Å². The molecule has 7 nitrogen and oxygen atoms in total. The number of hydrogen-bond donors (Lipinski definition) is 1. The van der Waals surface area contributed by atoms with Gasteiger partial charge < -0.3 is 14.8 Å². The van der Waals surface area contributed by atoms with E-state index < -0.39 is 0 Å². The highest BCUT2D eigenvalue weighted by Crippen LogP contribution is 2.35. The van der Waals surface area contributed by atoms with Gasteiger partial charge in [0.15, 0.2) is 0 Å². The number of fused-ring (bicyclic) bond motifs is 2. The van der Waals surface area contributed by atoms with E-state index in [0.717, 1.165) is 60.8 Å². The summed E-state index contributed by atoms with van der Waals surface area (Å²) >= 11 is 0. The number of rotatable bonds is 4. The van der Waals surface area contributed by atoms with Gasteiger partial charge in [0.1, 0.15) is 17.3 Å². The molecular formula is C32H33FN6O. The molecular weight excluding hydrogens is 503 g/mol. The fraction of sp³-hybridized carbons (Fsp3) is 0.344. The van der Waals surface area contributed by atoms with Crippen LogP contribution in [-0.2, 0) is 7.05 Å².